The molecule has 29 heavy (non-hydrogen) atoms. The Labute approximate surface area is 169 Å². The summed E-state index contributed by atoms with van der Waals surface area (Å²) < 4.78 is 14.1. The van der Waals surface area contributed by atoms with Crippen LogP contribution in [0.2, 0.25) is 0 Å². The minimum absolute atomic E-state index is 0.135. The molecule has 0 aliphatic carbocycles. The summed E-state index contributed by atoms with van der Waals surface area (Å²) in [4.78, 5) is 35.9. The second kappa shape index (κ2) is 9.13. The zero-order valence-electron chi connectivity index (χ0n) is 15.0. The maximum absolute atomic E-state index is 14.1. The molecule has 148 valence electrons. The summed E-state index contributed by atoms with van der Waals surface area (Å²) in [7, 11) is 0. The number of thiazole rings is 1. The number of nitro benzene ring substituents is 1. The quantitative estimate of drug-likeness (QED) is 0.228. The third-order valence-corrected chi connectivity index (χ3v) is 4.83. The lowest BCUT2D eigenvalue weighted by molar-refractivity contribution is -0.385. The zero-order valence-corrected chi connectivity index (χ0v) is 15.8. The fourth-order valence-electron chi connectivity index (χ4n) is 2.56. The van der Waals surface area contributed by atoms with E-state index in [1.165, 1.54) is 29.5 Å². The molecule has 2 aromatic heterocycles. The van der Waals surface area contributed by atoms with Crippen LogP contribution in [0.1, 0.15) is 5.56 Å². The molecule has 10 heteroatoms. The summed E-state index contributed by atoms with van der Waals surface area (Å²) in [6, 6.07) is 7.14. The van der Waals surface area contributed by atoms with E-state index in [0.717, 1.165) is 16.7 Å². The molecule has 0 spiro atoms. The fourth-order valence-corrected chi connectivity index (χ4v) is 3.35. The van der Waals surface area contributed by atoms with Crippen LogP contribution < -0.4 is 5.06 Å². The topological polar surface area (TPSA) is 98.5 Å². The summed E-state index contributed by atoms with van der Waals surface area (Å²) in [6.45, 7) is 3.61. The molecule has 0 fully saturated rings. The molecular weight excluding hydrogens is 399 g/mol. The van der Waals surface area contributed by atoms with Crippen molar-refractivity contribution in [2.45, 2.75) is 12.5 Å². The average Bonchev–Trinajstić information content (AvgIpc) is 3.22. The van der Waals surface area contributed by atoms with Crippen molar-refractivity contribution in [1.29, 1.82) is 0 Å². The van der Waals surface area contributed by atoms with Gasteiger partial charge in [0, 0.05) is 35.8 Å². The highest BCUT2D eigenvalue weighted by Gasteiger charge is 2.23. The van der Waals surface area contributed by atoms with Crippen molar-refractivity contribution in [3.8, 4) is 10.6 Å². The molecule has 1 amide bonds. The number of carbonyl (C=O) groups is 1. The molecule has 2 heterocycles. The van der Waals surface area contributed by atoms with Crippen molar-refractivity contribution in [3.63, 3.8) is 0 Å². The molecule has 0 bridgehead atoms. The molecule has 1 aromatic carbocycles. The Morgan fingerprint density at radius 2 is 2.10 bits per heavy atom. The van der Waals surface area contributed by atoms with Crippen molar-refractivity contribution in [3.05, 3.63) is 82.3 Å². The number of carbonyl (C=O) groups excluding carboxylic acids is 1. The van der Waals surface area contributed by atoms with Gasteiger partial charge in [0.05, 0.1) is 10.5 Å². The maximum Gasteiger partial charge on any atom is 0.275 e. The third-order valence-electron chi connectivity index (χ3n) is 3.95. The smallest absolute Gasteiger partial charge is 0.275 e. The van der Waals surface area contributed by atoms with Crippen LogP contribution in [-0.4, -0.2) is 27.4 Å². The monoisotopic (exact) mass is 414 g/mol. The van der Waals surface area contributed by atoms with Gasteiger partial charge in [-0.3, -0.25) is 24.7 Å². The summed E-state index contributed by atoms with van der Waals surface area (Å²) in [5.74, 6) is -0.507. The molecule has 0 saturated heterocycles. The highest BCUT2D eigenvalue weighted by molar-refractivity contribution is 7.13. The van der Waals surface area contributed by atoms with E-state index >= 15 is 0 Å². The van der Waals surface area contributed by atoms with Gasteiger partial charge < -0.3 is 0 Å². The van der Waals surface area contributed by atoms with E-state index in [1.807, 2.05) is 0 Å². The number of aromatic nitrogens is 2. The van der Waals surface area contributed by atoms with E-state index in [0.29, 0.717) is 11.4 Å². The number of hydrogen-bond donors (Lipinski definition) is 0. The molecule has 3 aromatic rings. The summed E-state index contributed by atoms with van der Waals surface area (Å²) >= 11 is 1.30. The van der Waals surface area contributed by atoms with E-state index in [9.17, 15) is 19.3 Å². The Balaban J connectivity index is 1.80. The van der Waals surface area contributed by atoms with E-state index < -0.39 is 16.8 Å². The number of rotatable bonds is 9. The van der Waals surface area contributed by atoms with E-state index in [2.05, 4.69) is 16.5 Å². The van der Waals surface area contributed by atoms with Crippen LogP contribution >= 0.6 is 11.3 Å². The molecule has 8 nitrogen and oxygen atoms in total. The van der Waals surface area contributed by atoms with Crippen molar-refractivity contribution >= 4 is 29.3 Å². The van der Waals surface area contributed by atoms with Gasteiger partial charge in [-0.05, 0) is 18.2 Å². The Morgan fingerprint density at radius 3 is 2.76 bits per heavy atom. The van der Waals surface area contributed by atoms with Crippen LogP contribution in [0.4, 0.5) is 15.9 Å². The SMILES string of the molecule is C=CC(Cc1c(F)cccc1[N+](=O)[O-])ON(C=O)c1csc(-c2ccncc2)n1. The number of hydroxylamine groups is 1. The first-order valence-electron chi connectivity index (χ1n) is 8.35. The first-order chi connectivity index (χ1) is 14.0. The summed E-state index contributed by atoms with van der Waals surface area (Å²) in [5.41, 5.74) is 0.320. The van der Waals surface area contributed by atoms with Gasteiger partial charge in [-0.15, -0.1) is 17.9 Å². The molecule has 1 atom stereocenters. The standard InChI is InChI=1S/C19H15FN4O4S/c1-2-14(10-15-16(20)4-3-5-17(15)24(26)27)28-23(12-25)18-11-29-19(22-18)13-6-8-21-9-7-13/h2-9,11-12,14H,1,10H2. The van der Waals surface area contributed by atoms with Gasteiger partial charge in [-0.25, -0.2) is 9.37 Å². The van der Waals surface area contributed by atoms with Crippen molar-refractivity contribution in [1.82, 2.24) is 9.97 Å². The first kappa shape index (κ1) is 20.2. The molecule has 0 aliphatic rings. The van der Waals surface area contributed by atoms with Gasteiger partial charge in [0.2, 0.25) is 6.41 Å². The van der Waals surface area contributed by atoms with Gasteiger partial charge in [-0.2, -0.15) is 5.06 Å². The lowest BCUT2D eigenvalue weighted by atomic mass is 10.1. The van der Waals surface area contributed by atoms with Crippen LogP contribution in [0.25, 0.3) is 10.6 Å². The number of anilines is 1. The minimum atomic E-state index is -0.901. The molecule has 0 N–H and O–H groups in total. The van der Waals surface area contributed by atoms with Crippen LogP contribution in [0.3, 0.4) is 0 Å². The van der Waals surface area contributed by atoms with Gasteiger partial charge in [-0.1, -0.05) is 12.1 Å². The van der Waals surface area contributed by atoms with Crippen LogP contribution in [0.15, 0.2) is 60.8 Å². The van der Waals surface area contributed by atoms with Crippen LogP contribution in [0, 0.1) is 15.9 Å². The molecule has 1 unspecified atom stereocenters. The molecule has 0 aliphatic heterocycles. The van der Waals surface area contributed by atoms with Crippen LogP contribution in [0.5, 0.6) is 0 Å². The Bertz CT molecular complexity index is 1030. The summed E-state index contributed by atoms with van der Waals surface area (Å²) in [6.07, 6.45) is 3.92. The normalized spacial score (nSPS) is 11.6. The zero-order chi connectivity index (χ0) is 20.8. The second-order valence-corrected chi connectivity index (χ2v) is 6.61. The molecule has 0 radical (unpaired) electrons. The highest BCUT2D eigenvalue weighted by atomic mass is 32.1. The second-order valence-electron chi connectivity index (χ2n) is 5.76. The number of amides is 1. The van der Waals surface area contributed by atoms with Gasteiger partial charge in [0.15, 0.2) is 5.82 Å². The van der Waals surface area contributed by atoms with Gasteiger partial charge in [0.25, 0.3) is 5.69 Å². The number of nitrogens with zero attached hydrogens (tertiary/aromatic N) is 4. The fraction of sp³-hybridized carbons (Fsp3) is 0.105. The minimum Gasteiger partial charge on any atom is -0.276 e. The third kappa shape index (κ3) is 4.68. The lowest BCUT2D eigenvalue weighted by Gasteiger charge is -2.20. The maximum atomic E-state index is 14.1. The van der Waals surface area contributed by atoms with Gasteiger partial charge in [0.1, 0.15) is 16.9 Å². The van der Waals surface area contributed by atoms with Crippen molar-refractivity contribution < 1.29 is 18.9 Å². The lowest BCUT2D eigenvalue weighted by Crippen LogP contribution is -2.29. The predicted molar refractivity (Wildman–Crippen MR) is 106 cm³/mol. The number of nitro groups is 1. The largest absolute Gasteiger partial charge is 0.276 e. The summed E-state index contributed by atoms with van der Waals surface area (Å²) in [5, 5.41) is 14.3. The number of hydrogen-bond acceptors (Lipinski definition) is 7. The van der Waals surface area contributed by atoms with E-state index in [1.54, 1.807) is 29.9 Å². The van der Waals surface area contributed by atoms with E-state index in [4.69, 9.17) is 4.84 Å². The van der Waals surface area contributed by atoms with Crippen molar-refractivity contribution in [2.24, 2.45) is 0 Å². The Morgan fingerprint density at radius 1 is 1.34 bits per heavy atom. The highest BCUT2D eigenvalue weighted by Crippen LogP contribution is 2.28. The Kier molecular flexibility index (Phi) is 6.37. The predicted octanol–water partition coefficient (Wildman–Crippen LogP) is 3.94. The molecular formula is C19H15FN4O4S. The molecule has 3 rings (SSSR count). The van der Waals surface area contributed by atoms with Crippen molar-refractivity contribution in [2.75, 3.05) is 5.06 Å². The first-order valence-corrected chi connectivity index (χ1v) is 9.23. The van der Waals surface area contributed by atoms with E-state index in [-0.39, 0.29) is 23.5 Å². The number of halogens is 1. The average molecular weight is 414 g/mol. The molecule has 0 saturated carbocycles. The van der Waals surface area contributed by atoms with Crippen LogP contribution in [-0.2, 0) is 16.1 Å². The van der Waals surface area contributed by atoms with Gasteiger partial charge >= 0.3 is 0 Å². The Hall–Kier alpha value is -3.50. The number of benzene rings is 1. The number of pyridine rings is 1.